The number of thiol groups is 1. The van der Waals surface area contributed by atoms with E-state index in [-0.39, 0.29) is 5.75 Å². The van der Waals surface area contributed by atoms with E-state index in [4.69, 9.17) is 5.11 Å². The predicted molar refractivity (Wildman–Crippen MR) is 59.3 cm³/mol. The third-order valence-corrected chi connectivity index (χ3v) is 2.38. The zero-order chi connectivity index (χ0) is 13.0. The number of carbonyl (C=O) groups excluding carboxylic acids is 3. The Morgan fingerprint density at radius 3 is 2.29 bits per heavy atom. The molecule has 1 aliphatic heterocycles. The Labute approximate surface area is 102 Å². The zero-order valence-corrected chi connectivity index (χ0v) is 9.52. The van der Waals surface area contributed by atoms with E-state index >= 15 is 0 Å². The second-order valence-electron chi connectivity index (χ2n) is 3.24. The average molecular weight is 258 g/mol. The molecule has 1 atom stereocenters. The molecular weight excluding hydrogens is 248 g/mol. The van der Waals surface area contributed by atoms with Crippen LogP contribution in [0.25, 0.3) is 0 Å². The quantitative estimate of drug-likeness (QED) is 0.407. The molecule has 1 rings (SSSR count). The smallest absolute Gasteiger partial charge is 0.327 e. The lowest BCUT2D eigenvalue weighted by molar-refractivity contribution is -0.143. The van der Waals surface area contributed by atoms with Crippen LogP contribution in [0.3, 0.4) is 0 Å². The van der Waals surface area contributed by atoms with Gasteiger partial charge in [0.2, 0.25) is 5.91 Å². The van der Waals surface area contributed by atoms with Crippen molar-refractivity contribution >= 4 is 36.3 Å². The monoisotopic (exact) mass is 258 g/mol. The van der Waals surface area contributed by atoms with Gasteiger partial charge in [-0.3, -0.25) is 19.3 Å². The molecule has 0 saturated carbocycles. The molecule has 0 radical (unpaired) electrons. The first-order valence-corrected chi connectivity index (χ1v) is 5.25. The maximum absolute atomic E-state index is 11.4. The highest BCUT2D eigenvalue weighted by Gasteiger charge is 2.27. The minimum absolute atomic E-state index is 0.0821. The van der Waals surface area contributed by atoms with Crippen LogP contribution < -0.4 is 5.32 Å². The predicted octanol–water partition coefficient (Wildman–Crippen LogP) is -1.59. The normalized spacial score (nSPS) is 16.2. The van der Waals surface area contributed by atoms with E-state index in [0.29, 0.717) is 4.90 Å². The molecule has 3 amide bonds. The molecule has 0 saturated heterocycles. The van der Waals surface area contributed by atoms with Crippen LogP contribution in [0.1, 0.15) is 0 Å². The fraction of sp³-hybridized carbons (Fsp3) is 0.333. The summed E-state index contributed by atoms with van der Waals surface area (Å²) in [6.07, 6.45) is 2.09. The molecule has 0 spiro atoms. The number of carbonyl (C=O) groups is 4. The van der Waals surface area contributed by atoms with Gasteiger partial charge >= 0.3 is 5.97 Å². The van der Waals surface area contributed by atoms with Gasteiger partial charge in [-0.2, -0.15) is 12.6 Å². The first-order valence-electron chi connectivity index (χ1n) is 4.62. The number of nitrogens with zero attached hydrogens (tertiary/aromatic N) is 1. The Hall–Kier alpha value is -1.83. The van der Waals surface area contributed by atoms with Gasteiger partial charge in [0.05, 0.1) is 0 Å². The summed E-state index contributed by atoms with van der Waals surface area (Å²) in [5, 5.41) is 10.8. The number of carboxylic acids is 1. The Morgan fingerprint density at radius 2 is 1.88 bits per heavy atom. The molecule has 0 aromatic carbocycles. The number of hydrogen-bond acceptors (Lipinski definition) is 5. The fourth-order valence-electron chi connectivity index (χ4n) is 1.16. The number of nitrogens with one attached hydrogen (secondary N) is 1. The van der Waals surface area contributed by atoms with Crippen molar-refractivity contribution in [3.8, 4) is 0 Å². The van der Waals surface area contributed by atoms with Crippen molar-refractivity contribution < 1.29 is 24.3 Å². The zero-order valence-electron chi connectivity index (χ0n) is 8.62. The molecule has 1 heterocycles. The van der Waals surface area contributed by atoms with Crippen LogP contribution in [0.2, 0.25) is 0 Å². The van der Waals surface area contributed by atoms with Crippen molar-refractivity contribution in [2.45, 2.75) is 6.04 Å². The Morgan fingerprint density at radius 1 is 1.35 bits per heavy atom. The molecule has 8 heteroatoms. The number of rotatable bonds is 5. The molecule has 0 aromatic heterocycles. The first kappa shape index (κ1) is 13.2. The van der Waals surface area contributed by atoms with E-state index < -0.39 is 36.3 Å². The van der Waals surface area contributed by atoms with E-state index in [9.17, 15) is 19.2 Å². The highest BCUT2D eigenvalue weighted by molar-refractivity contribution is 7.80. The van der Waals surface area contributed by atoms with Crippen molar-refractivity contribution in [3.05, 3.63) is 12.2 Å². The first-order chi connectivity index (χ1) is 7.95. The van der Waals surface area contributed by atoms with Gasteiger partial charge in [0.1, 0.15) is 12.6 Å². The summed E-state index contributed by atoms with van der Waals surface area (Å²) in [6, 6.07) is -1.15. The molecule has 2 N–H and O–H groups in total. The summed E-state index contributed by atoms with van der Waals surface area (Å²) < 4.78 is 0. The molecule has 1 aliphatic rings. The molecule has 7 nitrogen and oxygen atoms in total. The van der Waals surface area contributed by atoms with Crippen LogP contribution in [0.4, 0.5) is 0 Å². The van der Waals surface area contributed by atoms with E-state index in [1.165, 1.54) is 0 Å². The van der Waals surface area contributed by atoms with E-state index in [2.05, 4.69) is 17.9 Å². The maximum Gasteiger partial charge on any atom is 0.327 e. The maximum atomic E-state index is 11.4. The van der Waals surface area contributed by atoms with E-state index in [0.717, 1.165) is 12.2 Å². The molecule has 0 aliphatic carbocycles. The summed E-state index contributed by atoms with van der Waals surface area (Å²) >= 11 is 3.76. The van der Waals surface area contributed by atoms with Crippen LogP contribution in [0.5, 0.6) is 0 Å². The number of hydrogen-bond donors (Lipinski definition) is 3. The molecule has 17 heavy (non-hydrogen) atoms. The standard InChI is InChI=1S/C9H10N2O5S/c12-6(10-5(4-17)9(15)16)3-11-7(13)1-2-8(11)14/h1-2,5,17H,3-4H2,(H,10,12)(H,15,16)/t5-/m0/s1. The second-order valence-corrected chi connectivity index (χ2v) is 3.60. The number of carboxylic acid groups (broad SMARTS) is 1. The Bertz CT molecular complexity index is 388. The number of amides is 3. The van der Waals surface area contributed by atoms with Gasteiger partial charge in [-0.25, -0.2) is 4.79 Å². The molecular formula is C9H10N2O5S. The van der Waals surface area contributed by atoms with Crippen LogP contribution in [-0.4, -0.2) is 52.0 Å². The number of aliphatic carboxylic acids is 1. The third kappa shape index (κ3) is 3.31. The number of imide groups is 1. The van der Waals surface area contributed by atoms with Gasteiger partial charge in [0.25, 0.3) is 11.8 Å². The van der Waals surface area contributed by atoms with Gasteiger partial charge in [-0.1, -0.05) is 0 Å². The lowest BCUT2D eigenvalue weighted by atomic mass is 10.3. The molecule has 0 unspecified atom stereocenters. The largest absolute Gasteiger partial charge is 0.480 e. The third-order valence-electron chi connectivity index (χ3n) is 2.02. The summed E-state index contributed by atoms with van der Waals surface area (Å²) in [4.78, 5) is 44.9. The highest BCUT2D eigenvalue weighted by atomic mass is 32.1. The molecule has 0 bridgehead atoms. The van der Waals surface area contributed by atoms with Crippen molar-refractivity contribution in [1.82, 2.24) is 10.2 Å². The van der Waals surface area contributed by atoms with Gasteiger partial charge in [-0.15, -0.1) is 0 Å². The van der Waals surface area contributed by atoms with Gasteiger partial charge in [0, 0.05) is 17.9 Å². The summed E-state index contributed by atoms with van der Waals surface area (Å²) in [7, 11) is 0. The summed E-state index contributed by atoms with van der Waals surface area (Å²) in [5.41, 5.74) is 0. The van der Waals surface area contributed by atoms with Gasteiger partial charge < -0.3 is 10.4 Å². The SMILES string of the molecule is O=C(CN1C(=O)C=CC1=O)N[C@@H](CS)C(=O)O. The minimum atomic E-state index is -1.23. The van der Waals surface area contributed by atoms with Crippen LogP contribution >= 0.6 is 12.6 Å². The Balaban J connectivity index is 2.53. The molecule has 92 valence electrons. The van der Waals surface area contributed by atoms with Crippen LogP contribution in [-0.2, 0) is 19.2 Å². The summed E-state index contributed by atoms with van der Waals surface area (Å²) in [6.45, 7) is -0.498. The minimum Gasteiger partial charge on any atom is -0.480 e. The van der Waals surface area contributed by atoms with Crippen LogP contribution in [0.15, 0.2) is 12.2 Å². The topological polar surface area (TPSA) is 104 Å². The average Bonchev–Trinajstić information content (AvgIpc) is 2.57. The van der Waals surface area contributed by atoms with Gasteiger partial charge in [0.15, 0.2) is 0 Å². The van der Waals surface area contributed by atoms with E-state index in [1.54, 1.807) is 0 Å². The van der Waals surface area contributed by atoms with Gasteiger partial charge in [-0.05, 0) is 0 Å². The van der Waals surface area contributed by atoms with Crippen molar-refractivity contribution in [1.29, 1.82) is 0 Å². The van der Waals surface area contributed by atoms with Crippen molar-refractivity contribution in [2.75, 3.05) is 12.3 Å². The molecule has 0 fully saturated rings. The lowest BCUT2D eigenvalue weighted by Crippen LogP contribution is -2.47. The lowest BCUT2D eigenvalue weighted by Gasteiger charge is -2.16. The van der Waals surface area contributed by atoms with Crippen LogP contribution in [0, 0.1) is 0 Å². The second kappa shape index (κ2) is 5.48. The Kier molecular flexibility index (Phi) is 4.27. The van der Waals surface area contributed by atoms with Crippen molar-refractivity contribution in [3.63, 3.8) is 0 Å². The summed E-state index contributed by atoms with van der Waals surface area (Å²) in [5.74, 6) is -3.23. The van der Waals surface area contributed by atoms with E-state index in [1.807, 2.05) is 0 Å². The highest BCUT2D eigenvalue weighted by Crippen LogP contribution is 2.02. The van der Waals surface area contributed by atoms with Crippen molar-refractivity contribution in [2.24, 2.45) is 0 Å². The fourth-order valence-corrected chi connectivity index (χ4v) is 1.40. The molecule has 0 aromatic rings.